The van der Waals surface area contributed by atoms with Crippen molar-refractivity contribution in [2.45, 2.75) is 11.9 Å². The first kappa shape index (κ1) is 7.10. The topological polar surface area (TPSA) is 36.7 Å². The van der Waals surface area contributed by atoms with Crippen LogP contribution in [0.4, 0.5) is 0 Å². The van der Waals surface area contributed by atoms with Gasteiger partial charge in [0, 0.05) is 18.0 Å². The summed E-state index contributed by atoms with van der Waals surface area (Å²) in [5, 5.41) is 11.0. The fourth-order valence-electron chi connectivity index (χ4n) is 0.611. The molecule has 0 saturated carbocycles. The Morgan fingerprint density at radius 1 is 1.70 bits per heavy atom. The van der Waals surface area contributed by atoms with Gasteiger partial charge < -0.3 is 0 Å². The Kier molecular flexibility index (Phi) is 2.30. The second-order valence-electron chi connectivity index (χ2n) is 1.86. The highest BCUT2D eigenvalue weighted by Gasteiger charge is 1.91. The molecule has 1 heterocycles. The quantitative estimate of drug-likeness (QED) is 0.453. The molecule has 0 saturated heterocycles. The molecule has 0 atom stereocenters. The number of nitriles is 1. The van der Waals surface area contributed by atoms with E-state index in [2.05, 4.69) is 4.98 Å². The van der Waals surface area contributed by atoms with Crippen molar-refractivity contribution in [1.82, 2.24) is 4.98 Å². The van der Waals surface area contributed by atoms with Gasteiger partial charge in [-0.15, -0.1) is 0 Å². The van der Waals surface area contributed by atoms with Crippen molar-refractivity contribution >= 4 is 11.8 Å². The smallest absolute Gasteiger partial charge is 0.140 e. The van der Waals surface area contributed by atoms with E-state index < -0.39 is 0 Å². The first-order valence-electron chi connectivity index (χ1n) is 2.81. The Balaban J connectivity index is 2.87. The number of aryl methyl sites for hydroxylation is 1. The molecule has 0 spiro atoms. The summed E-state index contributed by atoms with van der Waals surface area (Å²) in [6, 6.07) is 3.79. The molecule has 1 rings (SSSR count). The zero-order valence-corrected chi connectivity index (χ0v) is 6.35. The number of hydrogen-bond acceptors (Lipinski definition) is 3. The number of rotatable bonds is 1. The van der Waals surface area contributed by atoms with Crippen LogP contribution in [0.15, 0.2) is 23.4 Å². The van der Waals surface area contributed by atoms with Crippen LogP contribution in [0.5, 0.6) is 0 Å². The van der Waals surface area contributed by atoms with E-state index in [-0.39, 0.29) is 0 Å². The molecule has 1 aromatic heterocycles. The summed E-state index contributed by atoms with van der Waals surface area (Å²) in [6.45, 7) is 1.98. The van der Waals surface area contributed by atoms with Gasteiger partial charge in [-0.1, -0.05) is 0 Å². The molecule has 50 valence electrons. The number of thiocyanates is 1. The van der Waals surface area contributed by atoms with Crippen LogP contribution in [-0.2, 0) is 0 Å². The predicted molar refractivity (Wildman–Crippen MR) is 40.4 cm³/mol. The van der Waals surface area contributed by atoms with Crippen molar-refractivity contribution in [3.63, 3.8) is 0 Å². The van der Waals surface area contributed by atoms with E-state index in [0.29, 0.717) is 0 Å². The summed E-state index contributed by atoms with van der Waals surface area (Å²) in [5.41, 5.74) is 1.13. The minimum Gasteiger partial charge on any atom is -0.249 e. The second-order valence-corrected chi connectivity index (χ2v) is 2.67. The third kappa shape index (κ3) is 1.74. The third-order valence-electron chi connectivity index (χ3n) is 1.04. The zero-order valence-electron chi connectivity index (χ0n) is 5.53. The highest BCUT2D eigenvalue weighted by molar-refractivity contribution is 8.03. The zero-order chi connectivity index (χ0) is 7.40. The van der Waals surface area contributed by atoms with Gasteiger partial charge >= 0.3 is 0 Å². The molecule has 1 aromatic rings. The molecule has 0 aliphatic rings. The molecule has 0 unspecified atom stereocenters. The van der Waals surface area contributed by atoms with Gasteiger partial charge in [0.15, 0.2) is 0 Å². The lowest BCUT2D eigenvalue weighted by molar-refractivity contribution is 1.12. The molecule has 2 nitrogen and oxygen atoms in total. The average molecular weight is 150 g/mol. The molecule has 0 aromatic carbocycles. The molecule has 0 amide bonds. The van der Waals surface area contributed by atoms with Crippen LogP contribution >= 0.6 is 11.8 Å². The number of nitrogens with zero attached hydrogens (tertiary/aromatic N) is 2. The van der Waals surface area contributed by atoms with Gasteiger partial charge in [-0.25, -0.2) is 4.98 Å². The number of hydrogen-bond donors (Lipinski definition) is 0. The van der Waals surface area contributed by atoms with Crippen LogP contribution in [0.2, 0.25) is 0 Å². The fraction of sp³-hybridized carbons (Fsp3) is 0.143. The van der Waals surface area contributed by atoms with Crippen LogP contribution < -0.4 is 0 Å². The van der Waals surface area contributed by atoms with Crippen LogP contribution in [0, 0.1) is 17.6 Å². The lowest BCUT2D eigenvalue weighted by atomic mass is 10.3. The average Bonchev–Trinajstić information content (AvgIpc) is 1.88. The van der Waals surface area contributed by atoms with E-state index >= 15 is 0 Å². The van der Waals surface area contributed by atoms with E-state index in [1.807, 2.05) is 24.5 Å². The monoisotopic (exact) mass is 150 g/mol. The highest BCUT2D eigenvalue weighted by atomic mass is 32.2. The number of aromatic nitrogens is 1. The minimum atomic E-state index is 0.766. The lowest BCUT2D eigenvalue weighted by Crippen LogP contribution is -1.77. The van der Waals surface area contributed by atoms with Crippen LogP contribution in [-0.4, -0.2) is 4.98 Å². The van der Waals surface area contributed by atoms with Gasteiger partial charge in [0.05, 0.1) is 0 Å². The van der Waals surface area contributed by atoms with Crippen molar-refractivity contribution in [3.05, 3.63) is 23.9 Å². The Bertz CT molecular complexity index is 265. The summed E-state index contributed by atoms with van der Waals surface area (Å²) >= 11 is 1.08. The van der Waals surface area contributed by atoms with Crippen molar-refractivity contribution in [1.29, 1.82) is 5.26 Å². The van der Waals surface area contributed by atoms with Gasteiger partial charge in [0.25, 0.3) is 0 Å². The number of pyridine rings is 1. The summed E-state index contributed by atoms with van der Waals surface area (Å²) in [5.74, 6) is 0. The van der Waals surface area contributed by atoms with Crippen molar-refractivity contribution in [3.8, 4) is 5.40 Å². The minimum absolute atomic E-state index is 0.766. The molecular formula is C7H6N2S. The molecule has 0 N–H and O–H groups in total. The first-order chi connectivity index (χ1) is 4.83. The normalized spacial score (nSPS) is 8.80. The van der Waals surface area contributed by atoms with Gasteiger partial charge in [-0.05, 0) is 24.6 Å². The standard InChI is InChI=1S/C7H6N2S/c1-6-2-3-9-7(4-6)10-5-8/h2-4H,1H3. The van der Waals surface area contributed by atoms with Crippen molar-refractivity contribution in [2.24, 2.45) is 0 Å². The summed E-state index contributed by atoms with van der Waals surface area (Å²) < 4.78 is 0. The molecule has 0 fully saturated rings. The highest BCUT2D eigenvalue weighted by Crippen LogP contribution is 2.13. The van der Waals surface area contributed by atoms with E-state index in [1.54, 1.807) is 6.20 Å². The van der Waals surface area contributed by atoms with Gasteiger partial charge in [-0.3, -0.25) is 0 Å². The Hall–Kier alpha value is -1.01. The van der Waals surface area contributed by atoms with E-state index in [9.17, 15) is 0 Å². The molecule has 0 aliphatic heterocycles. The Morgan fingerprint density at radius 3 is 3.10 bits per heavy atom. The Morgan fingerprint density at radius 2 is 2.50 bits per heavy atom. The molecule has 0 bridgehead atoms. The van der Waals surface area contributed by atoms with Crippen LogP contribution in [0.1, 0.15) is 5.56 Å². The maximum atomic E-state index is 8.28. The summed E-state index contributed by atoms with van der Waals surface area (Å²) in [7, 11) is 0. The van der Waals surface area contributed by atoms with E-state index in [4.69, 9.17) is 5.26 Å². The molecule has 10 heavy (non-hydrogen) atoms. The number of thioether (sulfide) groups is 1. The summed E-state index contributed by atoms with van der Waals surface area (Å²) in [6.07, 6.45) is 1.70. The van der Waals surface area contributed by atoms with E-state index in [1.165, 1.54) is 0 Å². The molecule has 0 aliphatic carbocycles. The maximum Gasteiger partial charge on any atom is 0.140 e. The largest absolute Gasteiger partial charge is 0.249 e. The van der Waals surface area contributed by atoms with Gasteiger partial charge in [0.1, 0.15) is 10.4 Å². The van der Waals surface area contributed by atoms with Crippen LogP contribution in [0.25, 0.3) is 0 Å². The lowest BCUT2D eigenvalue weighted by Gasteiger charge is -1.92. The fourth-order valence-corrected chi connectivity index (χ4v) is 1.06. The molecular weight excluding hydrogens is 144 g/mol. The van der Waals surface area contributed by atoms with Gasteiger partial charge in [0.2, 0.25) is 0 Å². The maximum absolute atomic E-state index is 8.28. The Labute approximate surface area is 63.9 Å². The van der Waals surface area contributed by atoms with Gasteiger partial charge in [-0.2, -0.15) is 5.26 Å². The second kappa shape index (κ2) is 3.23. The SMILES string of the molecule is Cc1ccnc(SC#N)c1. The molecule has 0 radical (unpaired) electrons. The molecule has 3 heteroatoms. The van der Waals surface area contributed by atoms with E-state index in [0.717, 1.165) is 22.4 Å². The third-order valence-corrected chi connectivity index (χ3v) is 1.56. The predicted octanol–water partition coefficient (Wildman–Crippen LogP) is 1.96. The van der Waals surface area contributed by atoms with Crippen molar-refractivity contribution < 1.29 is 0 Å². The van der Waals surface area contributed by atoms with Crippen molar-refractivity contribution in [2.75, 3.05) is 0 Å². The summed E-state index contributed by atoms with van der Waals surface area (Å²) in [4.78, 5) is 3.97. The van der Waals surface area contributed by atoms with Crippen LogP contribution in [0.3, 0.4) is 0 Å². The first-order valence-corrected chi connectivity index (χ1v) is 3.63.